The van der Waals surface area contributed by atoms with E-state index in [1.54, 1.807) is 0 Å². The summed E-state index contributed by atoms with van der Waals surface area (Å²) in [7, 11) is 0. The molecule has 0 saturated heterocycles. The van der Waals surface area contributed by atoms with E-state index in [9.17, 15) is 4.79 Å². The highest BCUT2D eigenvalue weighted by molar-refractivity contribution is 5.73. The van der Waals surface area contributed by atoms with E-state index in [4.69, 9.17) is 10.8 Å². The summed E-state index contributed by atoms with van der Waals surface area (Å²) in [5.41, 5.74) is 5.21. The van der Waals surface area contributed by atoms with Gasteiger partial charge in [-0.2, -0.15) is 0 Å². The molecule has 0 aliphatic heterocycles. The van der Waals surface area contributed by atoms with E-state index in [0.29, 0.717) is 19.6 Å². The third kappa shape index (κ3) is 6.09. The van der Waals surface area contributed by atoms with E-state index in [1.165, 1.54) is 6.92 Å². The SMILES string of the molecule is CC(O)C(=O)OCCNCCN. The minimum atomic E-state index is -1.04. The Kier molecular flexibility index (Phi) is 6.64. The molecule has 0 aliphatic rings. The Bertz CT molecular complexity index is 128. The summed E-state index contributed by atoms with van der Waals surface area (Å²) in [6.45, 7) is 3.46. The lowest BCUT2D eigenvalue weighted by molar-refractivity contribution is -0.152. The van der Waals surface area contributed by atoms with Crippen LogP contribution in [0.1, 0.15) is 6.92 Å². The Morgan fingerprint density at radius 3 is 2.83 bits per heavy atom. The van der Waals surface area contributed by atoms with E-state index in [-0.39, 0.29) is 6.61 Å². The number of aliphatic hydroxyl groups excluding tert-OH is 1. The second kappa shape index (κ2) is 7.02. The maximum atomic E-state index is 10.7. The van der Waals surface area contributed by atoms with Crippen LogP contribution in [-0.2, 0) is 9.53 Å². The second-order valence-corrected chi connectivity index (χ2v) is 2.38. The van der Waals surface area contributed by atoms with Crippen LogP contribution in [0, 0.1) is 0 Å². The smallest absolute Gasteiger partial charge is 0.334 e. The number of hydrogen-bond donors (Lipinski definition) is 3. The predicted octanol–water partition coefficient (Wildman–Crippen LogP) is -1.54. The van der Waals surface area contributed by atoms with Gasteiger partial charge in [-0.25, -0.2) is 4.79 Å². The largest absolute Gasteiger partial charge is 0.462 e. The van der Waals surface area contributed by atoms with Crippen LogP contribution in [0.25, 0.3) is 0 Å². The molecule has 0 saturated carbocycles. The molecule has 0 spiro atoms. The van der Waals surface area contributed by atoms with Gasteiger partial charge < -0.3 is 20.9 Å². The number of rotatable bonds is 6. The Morgan fingerprint density at radius 1 is 1.67 bits per heavy atom. The van der Waals surface area contributed by atoms with Crippen molar-refractivity contribution in [3.05, 3.63) is 0 Å². The van der Waals surface area contributed by atoms with Gasteiger partial charge in [0, 0.05) is 19.6 Å². The average molecular weight is 176 g/mol. The summed E-state index contributed by atoms with van der Waals surface area (Å²) < 4.78 is 4.66. The number of esters is 1. The quantitative estimate of drug-likeness (QED) is 0.337. The van der Waals surface area contributed by atoms with Crippen LogP contribution < -0.4 is 11.1 Å². The van der Waals surface area contributed by atoms with Crippen molar-refractivity contribution in [1.29, 1.82) is 0 Å². The molecule has 4 N–H and O–H groups in total. The Balaban J connectivity index is 3.14. The van der Waals surface area contributed by atoms with Crippen LogP contribution in [-0.4, -0.2) is 43.4 Å². The Labute approximate surface area is 71.9 Å². The fourth-order valence-electron chi connectivity index (χ4n) is 0.571. The van der Waals surface area contributed by atoms with E-state index >= 15 is 0 Å². The average Bonchev–Trinajstić information content (AvgIpc) is 2.03. The molecule has 5 heteroatoms. The van der Waals surface area contributed by atoms with Crippen molar-refractivity contribution in [1.82, 2.24) is 5.32 Å². The van der Waals surface area contributed by atoms with Crippen molar-refractivity contribution in [3.63, 3.8) is 0 Å². The van der Waals surface area contributed by atoms with Crippen LogP contribution >= 0.6 is 0 Å². The van der Waals surface area contributed by atoms with Gasteiger partial charge in [-0.15, -0.1) is 0 Å². The van der Waals surface area contributed by atoms with Crippen LogP contribution in [0.5, 0.6) is 0 Å². The molecule has 12 heavy (non-hydrogen) atoms. The molecule has 0 radical (unpaired) electrons. The number of nitrogens with two attached hydrogens (primary N) is 1. The Hall–Kier alpha value is -0.650. The molecule has 5 nitrogen and oxygen atoms in total. The van der Waals surface area contributed by atoms with Gasteiger partial charge in [0.15, 0.2) is 0 Å². The van der Waals surface area contributed by atoms with Gasteiger partial charge in [-0.3, -0.25) is 0 Å². The van der Waals surface area contributed by atoms with Crippen LogP contribution in [0.15, 0.2) is 0 Å². The van der Waals surface area contributed by atoms with E-state index < -0.39 is 12.1 Å². The minimum absolute atomic E-state index is 0.268. The van der Waals surface area contributed by atoms with Crippen LogP contribution in [0.2, 0.25) is 0 Å². The zero-order valence-corrected chi connectivity index (χ0v) is 7.25. The summed E-state index contributed by atoms with van der Waals surface area (Å²) in [5, 5.41) is 11.7. The predicted molar refractivity (Wildman–Crippen MR) is 44.6 cm³/mol. The molecule has 0 aliphatic carbocycles. The second-order valence-electron chi connectivity index (χ2n) is 2.38. The molecule has 0 aromatic carbocycles. The van der Waals surface area contributed by atoms with E-state index in [2.05, 4.69) is 10.1 Å². The highest BCUT2D eigenvalue weighted by Gasteiger charge is 2.08. The summed E-state index contributed by atoms with van der Waals surface area (Å²) in [5.74, 6) is -0.593. The molecule has 0 aromatic heterocycles. The van der Waals surface area contributed by atoms with Gasteiger partial charge in [0.05, 0.1) is 0 Å². The maximum absolute atomic E-state index is 10.7. The molecule has 0 fully saturated rings. The molecule has 0 heterocycles. The normalized spacial score (nSPS) is 12.6. The maximum Gasteiger partial charge on any atom is 0.334 e. The summed E-state index contributed by atoms with van der Waals surface area (Å²) in [6, 6.07) is 0. The summed E-state index contributed by atoms with van der Waals surface area (Å²) in [4.78, 5) is 10.7. The Morgan fingerprint density at radius 2 is 2.33 bits per heavy atom. The number of hydrogen-bond acceptors (Lipinski definition) is 5. The molecule has 72 valence electrons. The van der Waals surface area contributed by atoms with Crippen molar-refractivity contribution >= 4 is 5.97 Å². The topological polar surface area (TPSA) is 84.6 Å². The van der Waals surface area contributed by atoms with Crippen molar-refractivity contribution in [3.8, 4) is 0 Å². The van der Waals surface area contributed by atoms with Crippen molar-refractivity contribution in [2.75, 3.05) is 26.2 Å². The number of nitrogens with one attached hydrogen (secondary N) is 1. The van der Waals surface area contributed by atoms with Crippen molar-refractivity contribution in [2.24, 2.45) is 5.73 Å². The van der Waals surface area contributed by atoms with Gasteiger partial charge in [0.25, 0.3) is 0 Å². The van der Waals surface area contributed by atoms with E-state index in [1.807, 2.05) is 0 Å². The third-order valence-corrected chi connectivity index (χ3v) is 1.19. The molecular weight excluding hydrogens is 160 g/mol. The first-order chi connectivity index (χ1) is 5.68. The zero-order valence-electron chi connectivity index (χ0n) is 7.25. The lowest BCUT2D eigenvalue weighted by atomic mass is 10.4. The van der Waals surface area contributed by atoms with Gasteiger partial charge in [-0.1, -0.05) is 0 Å². The molecule has 1 atom stereocenters. The van der Waals surface area contributed by atoms with Gasteiger partial charge >= 0.3 is 5.97 Å². The van der Waals surface area contributed by atoms with Crippen LogP contribution in [0.4, 0.5) is 0 Å². The number of ether oxygens (including phenoxy) is 1. The monoisotopic (exact) mass is 176 g/mol. The highest BCUT2D eigenvalue weighted by Crippen LogP contribution is 1.84. The number of aliphatic hydroxyl groups is 1. The summed E-state index contributed by atoms with van der Waals surface area (Å²) >= 11 is 0. The highest BCUT2D eigenvalue weighted by atomic mass is 16.5. The fraction of sp³-hybridized carbons (Fsp3) is 0.857. The van der Waals surface area contributed by atoms with Crippen molar-refractivity contribution < 1.29 is 14.6 Å². The van der Waals surface area contributed by atoms with Crippen molar-refractivity contribution in [2.45, 2.75) is 13.0 Å². The van der Waals surface area contributed by atoms with Crippen LogP contribution in [0.3, 0.4) is 0 Å². The number of carbonyl (C=O) groups is 1. The summed E-state index contributed by atoms with van der Waals surface area (Å²) in [6.07, 6.45) is -1.04. The fourth-order valence-corrected chi connectivity index (χ4v) is 0.571. The first-order valence-corrected chi connectivity index (χ1v) is 3.94. The lowest BCUT2D eigenvalue weighted by Gasteiger charge is -2.06. The first-order valence-electron chi connectivity index (χ1n) is 3.94. The molecule has 0 rings (SSSR count). The standard InChI is InChI=1S/C7H16N2O3/c1-6(10)7(11)12-5-4-9-3-2-8/h6,9-10H,2-5,8H2,1H3. The first kappa shape index (κ1) is 11.4. The number of carbonyl (C=O) groups excluding carboxylic acids is 1. The minimum Gasteiger partial charge on any atom is -0.462 e. The van der Waals surface area contributed by atoms with E-state index in [0.717, 1.165) is 0 Å². The lowest BCUT2D eigenvalue weighted by Crippen LogP contribution is -2.28. The van der Waals surface area contributed by atoms with Gasteiger partial charge in [0.1, 0.15) is 12.7 Å². The van der Waals surface area contributed by atoms with Gasteiger partial charge in [0.2, 0.25) is 0 Å². The van der Waals surface area contributed by atoms with Gasteiger partial charge in [-0.05, 0) is 6.92 Å². The zero-order chi connectivity index (χ0) is 9.40. The third-order valence-electron chi connectivity index (χ3n) is 1.19. The molecule has 0 bridgehead atoms. The molecule has 1 unspecified atom stereocenters. The molecular formula is C7H16N2O3. The molecule has 0 amide bonds. The molecule has 0 aromatic rings.